The van der Waals surface area contributed by atoms with E-state index in [2.05, 4.69) is 9.47 Å². The number of hydrogen-bond donors (Lipinski definition) is 1. The van der Waals surface area contributed by atoms with Gasteiger partial charge in [0.05, 0.1) is 14.2 Å². The number of hydrogen-bond acceptors (Lipinski definition) is 6. The van der Waals surface area contributed by atoms with Crippen molar-refractivity contribution in [3.05, 3.63) is 10.7 Å². The van der Waals surface area contributed by atoms with Crippen LogP contribution in [0.4, 0.5) is 0 Å². The van der Waals surface area contributed by atoms with Crippen LogP contribution in [0.1, 0.15) is 0 Å². The van der Waals surface area contributed by atoms with Crippen LogP contribution in [-0.4, -0.2) is 34.5 Å². The Kier molecular flexibility index (Phi) is 2.47. The quantitative estimate of drug-likeness (QED) is 0.568. The smallest absolute Gasteiger partial charge is 0.355 e. The molecular weight excluding hydrogens is 214 g/mol. The molecule has 1 N–H and O–H groups in total. The van der Waals surface area contributed by atoms with E-state index in [4.69, 9.17) is 0 Å². The zero-order valence-electron chi connectivity index (χ0n) is 7.36. The number of sulfonamides is 1. The maximum Gasteiger partial charge on any atom is 0.355 e. The van der Waals surface area contributed by atoms with E-state index in [1.165, 1.54) is 0 Å². The van der Waals surface area contributed by atoms with Crippen LogP contribution in [-0.2, 0) is 29.1 Å². The molecule has 0 aromatic carbocycles. The van der Waals surface area contributed by atoms with Crippen molar-refractivity contribution in [2.45, 2.75) is 0 Å². The third-order valence-corrected chi connectivity index (χ3v) is 2.83. The molecule has 0 aliphatic carbocycles. The largest absolute Gasteiger partial charge is 0.490 e. The molecule has 14 heavy (non-hydrogen) atoms. The molecule has 0 radical (unpaired) electrons. The van der Waals surface area contributed by atoms with Crippen molar-refractivity contribution in [2.75, 3.05) is 14.2 Å². The normalized spacial score (nSPS) is 19.1. The molecule has 7 nitrogen and oxygen atoms in total. The molecular formula is C6H7NO6S. The maximum atomic E-state index is 11.2. The maximum absolute atomic E-state index is 11.2. The Labute approximate surface area is 79.7 Å². The number of methoxy groups -OCH3 is 2. The van der Waals surface area contributed by atoms with Gasteiger partial charge in [-0.15, -0.1) is 0 Å². The van der Waals surface area contributed by atoms with Gasteiger partial charge in [0, 0.05) is 0 Å². The molecule has 0 saturated heterocycles. The lowest BCUT2D eigenvalue weighted by Gasteiger charge is -1.99. The lowest BCUT2D eigenvalue weighted by atomic mass is 10.4. The summed E-state index contributed by atoms with van der Waals surface area (Å²) < 4.78 is 32.6. The molecule has 0 bridgehead atoms. The van der Waals surface area contributed by atoms with E-state index < -0.39 is 32.6 Å². The molecule has 1 aliphatic heterocycles. The van der Waals surface area contributed by atoms with E-state index in [-0.39, 0.29) is 0 Å². The zero-order valence-corrected chi connectivity index (χ0v) is 8.17. The molecule has 78 valence electrons. The molecule has 0 atom stereocenters. The van der Waals surface area contributed by atoms with E-state index >= 15 is 0 Å². The summed E-state index contributed by atoms with van der Waals surface area (Å²) in [6.07, 6.45) is 0. The lowest BCUT2D eigenvalue weighted by molar-refractivity contribution is -0.135. The van der Waals surface area contributed by atoms with Gasteiger partial charge in [0.15, 0.2) is 0 Å². The summed E-state index contributed by atoms with van der Waals surface area (Å²) in [6.45, 7) is 0. The minimum absolute atomic E-state index is 0.558. The Bertz CT molecular complexity index is 420. The summed E-state index contributed by atoms with van der Waals surface area (Å²) >= 11 is 0. The van der Waals surface area contributed by atoms with E-state index in [1.54, 1.807) is 4.72 Å². The van der Waals surface area contributed by atoms with Gasteiger partial charge in [0.1, 0.15) is 0 Å². The Morgan fingerprint density at radius 1 is 1.36 bits per heavy atom. The van der Waals surface area contributed by atoms with Gasteiger partial charge in [-0.1, -0.05) is 0 Å². The van der Waals surface area contributed by atoms with Gasteiger partial charge in [-0.05, 0) is 0 Å². The topological polar surface area (TPSA) is 98.8 Å². The Morgan fingerprint density at radius 3 is 2.36 bits per heavy atom. The van der Waals surface area contributed by atoms with Gasteiger partial charge < -0.3 is 9.47 Å². The summed E-state index contributed by atoms with van der Waals surface area (Å²) in [7, 11) is -2.05. The highest BCUT2D eigenvalue weighted by molar-refractivity contribution is 7.95. The van der Waals surface area contributed by atoms with Crippen molar-refractivity contribution in [1.82, 2.24) is 4.72 Å². The van der Waals surface area contributed by atoms with Crippen LogP contribution in [0.2, 0.25) is 0 Å². The van der Waals surface area contributed by atoms with E-state index in [1.807, 2.05) is 0 Å². The average molecular weight is 221 g/mol. The SMILES string of the molecule is COC(=O)C1=C(OC)C(=O)NS1(=O)=O. The number of carbonyl (C=O) groups excluding carboxylic acids is 2. The van der Waals surface area contributed by atoms with Gasteiger partial charge in [0.25, 0.3) is 10.0 Å². The Balaban J connectivity index is 3.37. The fraction of sp³-hybridized carbons (Fsp3) is 0.333. The van der Waals surface area contributed by atoms with E-state index in [0.717, 1.165) is 14.2 Å². The van der Waals surface area contributed by atoms with Crippen LogP contribution in [0.15, 0.2) is 10.7 Å². The molecule has 0 saturated carbocycles. The molecule has 0 aromatic heterocycles. The molecule has 0 unspecified atom stereocenters. The standard InChI is InChI=1S/C6H7NO6S/c1-12-3-4(6(9)13-2)14(10,11)7-5(3)8/h1-2H3,(H,7,8). The molecule has 1 aliphatic rings. The fourth-order valence-corrected chi connectivity index (χ4v) is 2.09. The number of nitrogens with one attached hydrogen (secondary N) is 1. The lowest BCUT2D eigenvalue weighted by Crippen LogP contribution is -2.25. The van der Waals surface area contributed by atoms with Gasteiger partial charge >= 0.3 is 11.9 Å². The van der Waals surface area contributed by atoms with Gasteiger partial charge in [-0.2, -0.15) is 0 Å². The van der Waals surface area contributed by atoms with Crippen molar-refractivity contribution < 1.29 is 27.5 Å². The molecule has 0 aromatic rings. The first-order valence-electron chi connectivity index (χ1n) is 3.37. The highest BCUT2D eigenvalue weighted by Gasteiger charge is 2.42. The third-order valence-electron chi connectivity index (χ3n) is 1.48. The number of carbonyl (C=O) groups is 2. The minimum atomic E-state index is -4.13. The molecule has 1 heterocycles. The highest BCUT2D eigenvalue weighted by Crippen LogP contribution is 2.20. The van der Waals surface area contributed by atoms with Crippen molar-refractivity contribution in [1.29, 1.82) is 0 Å². The first-order valence-corrected chi connectivity index (χ1v) is 4.86. The predicted octanol–water partition coefficient (Wildman–Crippen LogP) is -1.52. The number of rotatable bonds is 2. The van der Waals surface area contributed by atoms with Crippen molar-refractivity contribution in [2.24, 2.45) is 0 Å². The number of ether oxygens (including phenoxy) is 2. The first-order chi connectivity index (χ1) is 6.44. The van der Waals surface area contributed by atoms with Crippen molar-refractivity contribution in [3.63, 3.8) is 0 Å². The zero-order chi connectivity index (χ0) is 10.9. The Hall–Kier alpha value is -1.57. The van der Waals surface area contributed by atoms with Gasteiger partial charge in [-0.3, -0.25) is 4.79 Å². The summed E-state index contributed by atoms with van der Waals surface area (Å²) in [5.74, 6) is -2.68. The second-order valence-electron chi connectivity index (χ2n) is 2.29. The number of amides is 1. The third kappa shape index (κ3) is 1.43. The molecule has 1 rings (SSSR count). The summed E-state index contributed by atoms with van der Waals surface area (Å²) in [5, 5.41) is 0. The van der Waals surface area contributed by atoms with Crippen molar-refractivity contribution in [3.8, 4) is 0 Å². The van der Waals surface area contributed by atoms with Crippen LogP contribution in [0.25, 0.3) is 0 Å². The van der Waals surface area contributed by atoms with Crippen LogP contribution in [0.5, 0.6) is 0 Å². The summed E-state index contributed by atoms with van der Waals surface area (Å²) in [5.41, 5.74) is 0. The second-order valence-corrected chi connectivity index (χ2v) is 3.91. The summed E-state index contributed by atoms with van der Waals surface area (Å²) in [6, 6.07) is 0. The first kappa shape index (κ1) is 10.5. The van der Waals surface area contributed by atoms with Gasteiger partial charge in [0.2, 0.25) is 10.7 Å². The molecule has 0 fully saturated rings. The van der Waals surface area contributed by atoms with E-state index in [9.17, 15) is 18.0 Å². The molecule has 0 spiro atoms. The van der Waals surface area contributed by atoms with Crippen LogP contribution in [0, 0.1) is 0 Å². The van der Waals surface area contributed by atoms with Crippen LogP contribution >= 0.6 is 0 Å². The second kappa shape index (κ2) is 3.29. The average Bonchev–Trinajstić information content (AvgIpc) is 2.33. The number of esters is 1. The van der Waals surface area contributed by atoms with Crippen LogP contribution in [0.3, 0.4) is 0 Å². The van der Waals surface area contributed by atoms with Crippen LogP contribution < -0.4 is 4.72 Å². The van der Waals surface area contributed by atoms with E-state index in [0.29, 0.717) is 0 Å². The molecule has 1 amide bonds. The minimum Gasteiger partial charge on any atom is -0.490 e. The fourth-order valence-electron chi connectivity index (χ4n) is 0.925. The monoisotopic (exact) mass is 221 g/mol. The van der Waals surface area contributed by atoms with Crippen molar-refractivity contribution >= 4 is 21.9 Å². The highest BCUT2D eigenvalue weighted by atomic mass is 32.2. The summed E-state index contributed by atoms with van der Waals surface area (Å²) in [4.78, 5) is 21.2. The predicted molar refractivity (Wildman–Crippen MR) is 43.1 cm³/mol. The van der Waals surface area contributed by atoms with Gasteiger partial charge in [-0.25, -0.2) is 17.9 Å². The Morgan fingerprint density at radius 2 is 1.93 bits per heavy atom. The molecule has 8 heteroatoms.